The van der Waals surface area contributed by atoms with Crippen molar-refractivity contribution in [1.29, 1.82) is 0 Å². The number of alkyl halides is 3. The van der Waals surface area contributed by atoms with Gasteiger partial charge in [-0.2, -0.15) is 22.5 Å². The van der Waals surface area contributed by atoms with E-state index in [9.17, 15) is 31.1 Å². The zero-order valence-electron chi connectivity index (χ0n) is 19.7. The van der Waals surface area contributed by atoms with Crippen molar-refractivity contribution in [3.63, 3.8) is 0 Å². The molecule has 37 heavy (non-hydrogen) atoms. The van der Waals surface area contributed by atoms with Crippen LogP contribution in [0.4, 0.5) is 26.3 Å². The topological polar surface area (TPSA) is 114 Å². The Morgan fingerprint density at radius 3 is 2.35 bits per heavy atom. The monoisotopic (exact) mass is 531 g/mol. The highest BCUT2D eigenvalue weighted by Gasteiger charge is 2.33. The van der Waals surface area contributed by atoms with Gasteiger partial charge in [-0.3, -0.25) is 4.79 Å². The summed E-state index contributed by atoms with van der Waals surface area (Å²) in [5.41, 5.74) is -1.96. The van der Waals surface area contributed by atoms with Gasteiger partial charge in [-0.25, -0.2) is 18.7 Å². The summed E-state index contributed by atoms with van der Waals surface area (Å²) in [5, 5.41) is 15.3. The van der Waals surface area contributed by atoms with Gasteiger partial charge in [0.2, 0.25) is 17.5 Å². The van der Waals surface area contributed by atoms with Crippen molar-refractivity contribution < 1.29 is 40.8 Å². The summed E-state index contributed by atoms with van der Waals surface area (Å²) in [4.78, 5) is 23.3. The zero-order valence-corrected chi connectivity index (χ0v) is 19.7. The number of hydrogen-bond acceptors (Lipinski definition) is 7. The highest BCUT2D eigenvalue weighted by atomic mass is 19.4. The first-order chi connectivity index (χ1) is 17.5. The van der Waals surface area contributed by atoms with E-state index in [1.54, 1.807) is 0 Å². The van der Waals surface area contributed by atoms with Crippen molar-refractivity contribution in [2.75, 3.05) is 6.54 Å². The standard InChI is InChI=1S/C21H17F6N5O3.C2H6/c22-12-5-11(15(23)16(24)17(12)33)19(34)30-6-9-1-3-10(4-2-9)20-31-18(32-35-20)13-7-29-14(8-28-13)21(25,26)27;1-2/h5,7-10,33H,1-4,6H2,(H,30,34);1-2H3. The van der Waals surface area contributed by atoms with Crippen LogP contribution in [0.25, 0.3) is 11.5 Å². The van der Waals surface area contributed by atoms with Crippen LogP contribution < -0.4 is 5.32 Å². The number of nitrogens with one attached hydrogen (secondary N) is 1. The molecule has 2 aromatic heterocycles. The summed E-state index contributed by atoms with van der Waals surface area (Å²) >= 11 is 0. The number of carbonyl (C=O) groups excluding carboxylic acids is 1. The van der Waals surface area contributed by atoms with Gasteiger partial charge in [0.1, 0.15) is 5.69 Å². The number of amides is 1. The molecule has 0 unspecified atom stereocenters. The number of halogens is 6. The molecule has 1 aliphatic rings. The summed E-state index contributed by atoms with van der Waals surface area (Å²) in [6, 6.07) is 0.425. The van der Waals surface area contributed by atoms with E-state index in [0.29, 0.717) is 43.8 Å². The van der Waals surface area contributed by atoms with Gasteiger partial charge < -0.3 is 14.9 Å². The summed E-state index contributed by atoms with van der Waals surface area (Å²) in [6.07, 6.45) is -0.706. The van der Waals surface area contributed by atoms with E-state index < -0.39 is 46.5 Å². The van der Waals surface area contributed by atoms with Gasteiger partial charge in [0.05, 0.1) is 18.0 Å². The van der Waals surface area contributed by atoms with E-state index in [2.05, 4.69) is 25.4 Å². The minimum Gasteiger partial charge on any atom is -0.503 e. The van der Waals surface area contributed by atoms with Gasteiger partial charge in [-0.1, -0.05) is 19.0 Å². The highest BCUT2D eigenvalue weighted by Crippen LogP contribution is 2.35. The molecule has 0 saturated heterocycles. The fourth-order valence-corrected chi connectivity index (χ4v) is 3.79. The van der Waals surface area contributed by atoms with Crippen LogP contribution in [0.5, 0.6) is 5.75 Å². The van der Waals surface area contributed by atoms with Crippen LogP contribution in [0.2, 0.25) is 0 Å². The first-order valence-electron chi connectivity index (χ1n) is 11.4. The Hall–Kier alpha value is -3.71. The Bertz CT molecular complexity index is 1220. The molecule has 3 aromatic rings. The van der Waals surface area contributed by atoms with E-state index in [-0.39, 0.29) is 29.9 Å². The summed E-state index contributed by atoms with van der Waals surface area (Å²) in [6.45, 7) is 4.13. The first kappa shape index (κ1) is 27.9. The van der Waals surface area contributed by atoms with Crippen LogP contribution in [0.1, 0.15) is 67.4 Å². The number of aromatic hydroxyl groups is 1. The van der Waals surface area contributed by atoms with Gasteiger partial charge in [-0.15, -0.1) is 0 Å². The molecule has 0 bridgehead atoms. The lowest BCUT2D eigenvalue weighted by Crippen LogP contribution is -2.32. The van der Waals surface area contributed by atoms with Crippen LogP contribution >= 0.6 is 0 Å². The van der Waals surface area contributed by atoms with Crippen molar-refractivity contribution >= 4 is 5.91 Å². The van der Waals surface area contributed by atoms with Crippen molar-refractivity contribution in [1.82, 2.24) is 25.4 Å². The number of carbonyl (C=O) groups is 1. The number of aromatic nitrogens is 4. The van der Waals surface area contributed by atoms with Gasteiger partial charge >= 0.3 is 6.18 Å². The Kier molecular flexibility index (Phi) is 8.71. The van der Waals surface area contributed by atoms with Crippen molar-refractivity contribution in [3.05, 3.63) is 53.1 Å². The SMILES string of the molecule is CC.O=C(NCC1CCC(c2nc(-c3cnc(C(F)(F)F)cn3)no2)CC1)c1cc(F)c(O)c(F)c1F. The number of nitrogens with zero attached hydrogens (tertiary/aromatic N) is 4. The maximum atomic E-state index is 13.8. The molecular weight excluding hydrogens is 508 g/mol. The third-order valence-corrected chi connectivity index (χ3v) is 5.74. The zero-order chi connectivity index (χ0) is 27.3. The first-order valence-corrected chi connectivity index (χ1v) is 11.4. The molecule has 1 saturated carbocycles. The Balaban J connectivity index is 0.00000186. The molecule has 2 heterocycles. The molecule has 4 rings (SSSR count). The molecule has 1 aromatic carbocycles. The summed E-state index contributed by atoms with van der Waals surface area (Å²) in [7, 11) is 0. The number of hydrogen-bond donors (Lipinski definition) is 2. The Morgan fingerprint density at radius 2 is 1.76 bits per heavy atom. The van der Waals surface area contributed by atoms with Crippen LogP contribution in [0.15, 0.2) is 23.0 Å². The van der Waals surface area contributed by atoms with E-state index >= 15 is 0 Å². The summed E-state index contributed by atoms with van der Waals surface area (Å²) < 4.78 is 83.9. The number of benzene rings is 1. The predicted molar refractivity (Wildman–Crippen MR) is 117 cm³/mol. The van der Waals surface area contributed by atoms with Crippen molar-refractivity contribution in [2.24, 2.45) is 5.92 Å². The van der Waals surface area contributed by atoms with E-state index in [4.69, 9.17) is 9.63 Å². The molecule has 8 nitrogen and oxygen atoms in total. The second-order valence-electron chi connectivity index (χ2n) is 8.05. The fourth-order valence-electron chi connectivity index (χ4n) is 3.79. The van der Waals surface area contributed by atoms with Crippen LogP contribution in [0, 0.1) is 23.4 Å². The molecule has 1 amide bonds. The smallest absolute Gasteiger partial charge is 0.434 e. The molecule has 2 N–H and O–H groups in total. The third-order valence-electron chi connectivity index (χ3n) is 5.74. The lowest BCUT2D eigenvalue weighted by Gasteiger charge is -2.26. The van der Waals surface area contributed by atoms with Crippen molar-refractivity contribution in [2.45, 2.75) is 51.6 Å². The fraction of sp³-hybridized carbons (Fsp3) is 0.435. The van der Waals surface area contributed by atoms with Crippen LogP contribution in [-0.2, 0) is 6.18 Å². The maximum absolute atomic E-state index is 13.8. The lowest BCUT2D eigenvalue weighted by molar-refractivity contribution is -0.141. The van der Waals surface area contributed by atoms with Gasteiger partial charge in [0, 0.05) is 12.5 Å². The van der Waals surface area contributed by atoms with Crippen LogP contribution in [-0.4, -0.2) is 37.7 Å². The molecule has 200 valence electrons. The molecule has 1 fully saturated rings. The van der Waals surface area contributed by atoms with E-state index in [1.807, 2.05) is 13.8 Å². The molecule has 0 aliphatic heterocycles. The molecule has 0 radical (unpaired) electrons. The maximum Gasteiger partial charge on any atom is 0.434 e. The Morgan fingerprint density at radius 1 is 1.08 bits per heavy atom. The minimum absolute atomic E-state index is 0.00556. The normalized spacial score (nSPS) is 17.6. The van der Waals surface area contributed by atoms with Gasteiger partial charge in [-0.05, 0) is 37.7 Å². The lowest BCUT2D eigenvalue weighted by atomic mass is 9.82. The molecule has 0 atom stereocenters. The highest BCUT2D eigenvalue weighted by molar-refractivity contribution is 5.94. The average Bonchev–Trinajstić information content (AvgIpc) is 3.39. The largest absolute Gasteiger partial charge is 0.503 e. The molecule has 14 heteroatoms. The van der Waals surface area contributed by atoms with E-state index in [1.165, 1.54) is 0 Å². The second-order valence-corrected chi connectivity index (χ2v) is 8.05. The van der Waals surface area contributed by atoms with Crippen LogP contribution in [0.3, 0.4) is 0 Å². The second kappa shape index (κ2) is 11.6. The number of rotatable bonds is 5. The third kappa shape index (κ3) is 6.35. The van der Waals surface area contributed by atoms with Crippen molar-refractivity contribution in [3.8, 4) is 17.3 Å². The molecule has 1 aliphatic carbocycles. The number of phenols is 1. The van der Waals surface area contributed by atoms with Gasteiger partial charge in [0.15, 0.2) is 23.1 Å². The predicted octanol–water partition coefficient (Wildman–Crippen LogP) is 5.40. The van der Waals surface area contributed by atoms with Gasteiger partial charge in [0.25, 0.3) is 5.91 Å². The minimum atomic E-state index is -4.61. The number of phenolic OH excluding ortho intramolecular Hbond substituents is 1. The molecule has 0 spiro atoms. The quantitative estimate of drug-likeness (QED) is 0.335. The summed E-state index contributed by atoms with van der Waals surface area (Å²) in [5.74, 6) is -7.26. The molecular formula is C23H23F6N5O3. The average molecular weight is 531 g/mol. The van der Waals surface area contributed by atoms with E-state index in [0.717, 1.165) is 6.20 Å². The Labute approximate surface area is 207 Å².